The summed E-state index contributed by atoms with van der Waals surface area (Å²) in [5.74, 6) is -0.130. The molecule has 0 aliphatic heterocycles. The zero-order valence-corrected chi connectivity index (χ0v) is 11.3. The maximum atomic E-state index is 13.6. The van der Waals surface area contributed by atoms with Crippen molar-refractivity contribution >= 4 is 15.9 Å². The highest BCUT2D eigenvalue weighted by Gasteiger charge is 2.37. The highest BCUT2D eigenvalue weighted by atomic mass is 79.9. The molecule has 0 heterocycles. The Labute approximate surface area is 104 Å². The van der Waals surface area contributed by atoms with Gasteiger partial charge in [-0.2, -0.15) is 0 Å². The van der Waals surface area contributed by atoms with Gasteiger partial charge in [0.15, 0.2) is 0 Å². The Balaban J connectivity index is 2.24. The molecule has 3 heteroatoms. The van der Waals surface area contributed by atoms with Crippen LogP contribution in [0.3, 0.4) is 0 Å². The summed E-state index contributed by atoms with van der Waals surface area (Å²) >= 11 is 3.40. The Morgan fingerprint density at radius 3 is 2.56 bits per heavy atom. The van der Waals surface area contributed by atoms with Gasteiger partial charge in [-0.25, -0.2) is 4.39 Å². The van der Waals surface area contributed by atoms with Crippen LogP contribution in [-0.4, -0.2) is 5.54 Å². The summed E-state index contributed by atoms with van der Waals surface area (Å²) in [6.07, 6.45) is 4.07. The molecule has 0 bridgehead atoms. The molecule has 0 atom stereocenters. The fourth-order valence-corrected chi connectivity index (χ4v) is 2.50. The molecule has 0 amide bonds. The van der Waals surface area contributed by atoms with Gasteiger partial charge in [0.2, 0.25) is 0 Å². The molecule has 1 aliphatic rings. The Bertz CT molecular complexity index is 398. The van der Waals surface area contributed by atoms with Crippen LogP contribution in [0.15, 0.2) is 10.5 Å². The van der Waals surface area contributed by atoms with Gasteiger partial charge in [-0.15, -0.1) is 0 Å². The highest BCUT2D eigenvalue weighted by molar-refractivity contribution is 9.10. The molecule has 0 saturated heterocycles. The average molecular weight is 286 g/mol. The third-order valence-electron chi connectivity index (χ3n) is 3.64. The van der Waals surface area contributed by atoms with E-state index in [2.05, 4.69) is 15.9 Å². The second-order valence-electron chi connectivity index (χ2n) is 4.93. The molecule has 1 aromatic carbocycles. The number of benzene rings is 1. The maximum absolute atomic E-state index is 13.6. The van der Waals surface area contributed by atoms with Gasteiger partial charge in [-0.05, 0) is 62.3 Å². The molecule has 1 saturated carbocycles. The van der Waals surface area contributed by atoms with Crippen molar-refractivity contribution in [2.24, 2.45) is 5.73 Å². The highest BCUT2D eigenvalue weighted by Crippen LogP contribution is 2.37. The largest absolute Gasteiger partial charge is 0.325 e. The number of halogens is 2. The third kappa shape index (κ3) is 2.30. The van der Waals surface area contributed by atoms with E-state index in [0.717, 1.165) is 46.8 Å². The van der Waals surface area contributed by atoms with E-state index in [4.69, 9.17) is 5.73 Å². The number of nitrogens with two attached hydrogens (primary N) is 1. The van der Waals surface area contributed by atoms with Gasteiger partial charge in [0, 0.05) is 10.0 Å². The number of rotatable bonds is 3. The molecule has 1 nitrogen and oxygen atoms in total. The van der Waals surface area contributed by atoms with Crippen LogP contribution in [0.5, 0.6) is 0 Å². The molecule has 0 spiro atoms. The Kier molecular flexibility index (Phi) is 3.10. The molecule has 88 valence electrons. The topological polar surface area (TPSA) is 26.0 Å². The van der Waals surface area contributed by atoms with Crippen molar-refractivity contribution in [3.63, 3.8) is 0 Å². The minimum absolute atomic E-state index is 0.0394. The van der Waals surface area contributed by atoms with Crippen molar-refractivity contribution in [2.45, 2.75) is 45.1 Å². The quantitative estimate of drug-likeness (QED) is 0.902. The van der Waals surface area contributed by atoms with Crippen molar-refractivity contribution in [1.82, 2.24) is 0 Å². The van der Waals surface area contributed by atoms with Crippen molar-refractivity contribution in [3.05, 3.63) is 33.0 Å². The van der Waals surface area contributed by atoms with E-state index >= 15 is 0 Å². The van der Waals surface area contributed by atoms with Gasteiger partial charge in [-0.1, -0.05) is 15.9 Å². The van der Waals surface area contributed by atoms with Gasteiger partial charge in [0.1, 0.15) is 5.82 Å². The van der Waals surface area contributed by atoms with Gasteiger partial charge >= 0.3 is 0 Å². The Hall–Kier alpha value is -0.410. The SMILES string of the molecule is Cc1c(F)cc(Br)c(C)c1CCC1(N)CC1. The average Bonchev–Trinajstić information content (AvgIpc) is 2.94. The van der Waals surface area contributed by atoms with E-state index in [9.17, 15) is 4.39 Å². The van der Waals surface area contributed by atoms with Crippen LogP contribution in [0.2, 0.25) is 0 Å². The molecule has 0 radical (unpaired) electrons. The lowest BCUT2D eigenvalue weighted by atomic mass is 9.95. The van der Waals surface area contributed by atoms with Crippen LogP contribution in [0.4, 0.5) is 4.39 Å². The van der Waals surface area contributed by atoms with Crippen molar-refractivity contribution in [3.8, 4) is 0 Å². The van der Waals surface area contributed by atoms with Crippen molar-refractivity contribution < 1.29 is 4.39 Å². The van der Waals surface area contributed by atoms with E-state index in [0.29, 0.717) is 0 Å². The third-order valence-corrected chi connectivity index (χ3v) is 4.46. The summed E-state index contributed by atoms with van der Waals surface area (Å²) in [5, 5.41) is 0. The van der Waals surface area contributed by atoms with Crippen LogP contribution >= 0.6 is 15.9 Å². The number of hydrogen-bond acceptors (Lipinski definition) is 1. The van der Waals surface area contributed by atoms with E-state index in [-0.39, 0.29) is 11.4 Å². The first-order chi connectivity index (χ1) is 7.43. The Morgan fingerprint density at radius 1 is 1.38 bits per heavy atom. The zero-order valence-electron chi connectivity index (χ0n) is 9.74. The van der Waals surface area contributed by atoms with Crippen LogP contribution < -0.4 is 5.73 Å². The normalized spacial score (nSPS) is 17.6. The maximum Gasteiger partial charge on any atom is 0.127 e. The smallest absolute Gasteiger partial charge is 0.127 e. The van der Waals surface area contributed by atoms with Crippen LogP contribution in [0.1, 0.15) is 36.0 Å². The van der Waals surface area contributed by atoms with E-state index < -0.39 is 0 Å². The van der Waals surface area contributed by atoms with E-state index in [1.54, 1.807) is 6.07 Å². The molecule has 1 aliphatic carbocycles. The standard InChI is InChI=1S/C13H17BrFN/c1-8-10(3-4-13(16)5-6-13)9(2)12(15)7-11(8)14/h7H,3-6,16H2,1-2H3. The first kappa shape index (κ1) is 12.1. The summed E-state index contributed by atoms with van der Waals surface area (Å²) in [7, 11) is 0. The van der Waals surface area contributed by atoms with Crippen LogP contribution in [0, 0.1) is 19.7 Å². The van der Waals surface area contributed by atoms with Gasteiger partial charge in [0.05, 0.1) is 0 Å². The zero-order chi connectivity index (χ0) is 11.9. The summed E-state index contributed by atoms with van der Waals surface area (Å²) < 4.78 is 14.4. The van der Waals surface area contributed by atoms with Crippen molar-refractivity contribution in [2.75, 3.05) is 0 Å². The molecule has 2 rings (SSSR count). The van der Waals surface area contributed by atoms with E-state index in [1.807, 2.05) is 13.8 Å². The second kappa shape index (κ2) is 4.11. The molecule has 0 unspecified atom stereocenters. The van der Waals surface area contributed by atoms with Crippen LogP contribution in [-0.2, 0) is 6.42 Å². The summed E-state index contributed by atoms with van der Waals surface area (Å²) in [4.78, 5) is 0. The summed E-state index contributed by atoms with van der Waals surface area (Å²) in [5.41, 5.74) is 9.13. The predicted molar refractivity (Wildman–Crippen MR) is 68.0 cm³/mol. The minimum Gasteiger partial charge on any atom is -0.325 e. The minimum atomic E-state index is -0.130. The molecular formula is C13H17BrFN. The molecule has 2 N–H and O–H groups in total. The molecule has 1 aromatic rings. The first-order valence-electron chi connectivity index (χ1n) is 5.66. The fourth-order valence-electron chi connectivity index (χ4n) is 2.06. The summed E-state index contributed by atoms with van der Waals surface area (Å²) in [6, 6.07) is 1.55. The number of hydrogen-bond donors (Lipinski definition) is 1. The molecule has 16 heavy (non-hydrogen) atoms. The van der Waals surface area contributed by atoms with Crippen LogP contribution in [0.25, 0.3) is 0 Å². The predicted octanol–water partition coefficient (Wildman–Crippen LogP) is 3.63. The van der Waals surface area contributed by atoms with E-state index in [1.165, 1.54) is 0 Å². The molecule has 1 fully saturated rings. The second-order valence-corrected chi connectivity index (χ2v) is 5.79. The Morgan fingerprint density at radius 2 is 2.00 bits per heavy atom. The van der Waals surface area contributed by atoms with Gasteiger partial charge in [-0.3, -0.25) is 0 Å². The lowest BCUT2D eigenvalue weighted by Gasteiger charge is -2.15. The van der Waals surface area contributed by atoms with Crippen molar-refractivity contribution in [1.29, 1.82) is 0 Å². The first-order valence-corrected chi connectivity index (χ1v) is 6.45. The summed E-state index contributed by atoms with van der Waals surface area (Å²) in [6.45, 7) is 3.88. The lowest BCUT2D eigenvalue weighted by molar-refractivity contribution is 0.590. The monoisotopic (exact) mass is 285 g/mol. The molecule has 0 aromatic heterocycles. The lowest BCUT2D eigenvalue weighted by Crippen LogP contribution is -2.22. The van der Waals surface area contributed by atoms with Gasteiger partial charge < -0.3 is 5.73 Å². The fraction of sp³-hybridized carbons (Fsp3) is 0.538. The van der Waals surface area contributed by atoms with Gasteiger partial charge in [0.25, 0.3) is 0 Å². The molecular weight excluding hydrogens is 269 g/mol.